The number of aromatic nitrogens is 2. The van der Waals surface area contributed by atoms with Crippen molar-refractivity contribution >= 4 is 11.9 Å². The monoisotopic (exact) mass is 312 g/mol. The van der Waals surface area contributed by atoms with Gasteiger partial charge in [-0.05, 0) is 44.5 Å². The van der Waals surface area contributed by atoms with Crippen molar-refractivity contribution in [1.82, 2.24) is 14.9 Å². The fourth-order valence-corrected chi connectivity index (χ4v) is 2.40. The van der Waals surface area contributed by atoms with Crippen LogP contribution in [0.2, 0.25) is 0 Å². The number of amides is 1. The van der Waals surface area contributed by atoms with Gasteiger partial charge in [0.2, 0.25) is 5.95 Å². The minimum absolute atomic E-state index is 0.0153. The lowest BCUT2D eigenvalue weighted by atomic mass is 10.1. The van der Waals surface area contributed by atoms with E-state index in [0.717, 1.165) is 36.0 Å². The molecule has 0 bridgehead atoms. The van der Waals surface area contributed by atoms with Crippen LogP contribution in [0.4, 0.5) is 5.95 Å². The number of aryl methyl sites for hydroxylation is 2. The zero-order chi connectivity index (χ0) is 17.0. The van der Waals surface area contributed by atoms with E-state index in [-0.39, 0.29) is 5.91 Å². The molecule has 0 N–H and O–H groups in total. The molecule has 122 valence electrons. The number of carbonyl (C=O) groups excluding carboxylic acids is 1. The van der Waals surface area contributed by atoms with Crippen LogP contribution in [0.1, 0.15) is 34.2 Å². The number of hydrogen-bond donors (Lipinski definition) is 0. The Morgan fingerprint density at radius 3 is 2.09 bits per heavy atom. The molecule has 23 heavy (non-hydrogen) atoms. The van der Waals surface area contributed by atoms with Gasteiger partial charge in [-0.3, -0.25) is 4.79 Å². The van der Waals surface area contributed by atoms with Crippen LogP contribution in [0, 0.1) is 13.8 Å². The highest BCUT2D eigenvalue weighted by Crippen LogP contribution is 2.15. The van der Waals surface area contributed by atoms with Crippen LogP contribution >= 0.6 is 0 Å². The number of hydrogen-bond acceptors (Lipinski definition) is 4. The van der Waals surface area contributed by atoms with E-state index in [0.29, 0.717) is 5.56 Å². The predicted molar refractivity (Wildman–Crippen MR) is 92.7 cm³/mol. The third kappa shape index (κ3) is 4.28. The molecule has 1 aromatic carbocycles. The van der Waals surface area contributed by atoms with Gasteiger partial charge in [0.1, 0.15) is 0 Å². The van der Waals surface area contributed by atoms with Crippen molar-refractivity contribution in [3.8, 4) is 0 Å². The highest BCUT2D eigenvalue weighted by atomic mass is 16.2. The quantitative estimate of drug-likeness (QED) is 0.852. The molecule has 0 unspecified atom stereocenters. The molecule has 0 radical (unpaired) electrons. The van der Waals surface area contributed by atoms with Gasteiger partial charge in [0.15, 0.2) is 0 Å². The van der Waals surface area contributed by atoms with Crippen LogP contribution in [-0.2, 0) is 6.54 Å². The molecule has 0 atom stereocenters. The molecule has 1 aromatic heterocycles. The molecule has 1 heterocycles. The van der Waals surface area contributed by atoms with Gasteiger partial charge in [0.25, 0.3) is 5.91 Å². The topological polar surface area (TPSA) is 49.3 Å². The maximum absolute atomic E-state index is 11.9. The minimum atomic E-state index is 0.0153. The first-order chi connectivity index (χ1) is 10.9. The second-order valence-electron chi connectivity index (χ2n) is 5.86. The molecular weight excluding hydrogens is 288 g/mol. The van der Waals surface area contributed by atoms with E-state index >= 15 is 0 Å². The van der Waals surface area contributed by atoms with Gasteiger partial charge in [-0.2, -0.15) is 0 Å². The lowest BCUT2D eigenvalue weighted by molar-refractivity contribution is 0.0827. The van der Waals surface area contributed by atoms with E-state index in [9.17, 15) is 4.79 Å². The SMILES string of the molecule is CCN(Cc1ccc(C(=O)N(C)C)cc1)c1nc(C)cc(C)n1. The van der Waals surface area contributed by atoms with Crippen LogP contribution in [0.5, 0.6) is 0 Å². The Morgan fingerprint density at radius 1 is 1.04 bits per heavy atom. The second-order valence-corrected chi connectivity index (χ2v) is 5.86. The predicted octanol–water partition coefficient (Wildman–Crippen LogP) is 2.82. The Balaban J connectivity index is 2.17. The Bertz CT molecular complexity index is 660. The Labute approximate surface area is 138 Å². The van der Waals surface area contributed by atoms with Gasteiger partial charge in [-0.25, -0.2) is 9.97 Å². The first-order valence-electron chi connectivity index (χ1n) is 7.78. The number of nitrogens with zero attached hydrogens (tertiary/aromatic N) is 4. The first-order valence-corrected chi connectivity index (χ1v) is 7.78. The third-order valence-corrected chi connectivity index (χ3v) is 3.62. The molecule has 0 fully saturated rings. The van der Waals surface area contributed by atoms with E-state index in [2.05, 4.69) is 21.8 Å². The summed E-state index contributed by atoms with van der Waals surface area (Å²) in [5.41, 5.74) is 3.77. The molecule has 5 nitrogen and oxygen atoms in total. The second kappa shape index (κ2) is 7.22. The number of benzene rings is 1. The third-order valence-electron chi connectivity index (χ3n) is 3.62. The smallest absolute Gasteiger partial charge is 0.253 e. The average Bonchev–Trinajstić information content (AvgIpc) is 2.51. The van der Waals surface area contributed by atoms with Gasteiger partial charge < -0.3 is 9.80 Å². The van der Waals surface area contributed by atoms with Crippen molar-refractivity contribution in [1.29, 1.82) is 0 Å². The Hall–Kier alpha value is -2.43. The molecule has 0 saturated heterocycles. The number of carbonyl (C=O) groups is 1. The summed E-state index contributed by atoms with van der Waals surface area (Å²) in [5.74, 6) is 0.764. The fraction of sp³-hybridized carbons (Fsp3) is 0.389. The normalized spacial score (nSPS) is 10.5. The van der Waals surface area contributed by atoms with Crippen molar-refractivity contribution < 1.29 is 4.79 Å². The molecular formula is C18H24N4O. The van der Waals surface area contributed by atoms with Crippen molar-refractivity contribution in [3.05, 3.63) is 52.8 Å². The summed E-state index contributed by atoms with van der Waals surface area (Å²) in [7, 11) is 3.51. The largest absolute Gasteiger partial charge is 0.345 e. The number of anilines is 1. The highest BCUT2D eigenvalue weighted by Gasteiger charge is 2.11. The van der Waals surface area contributed by atoms with Crippen molar-refractivity contribution in [3.63, 3.8) is 0 Å². The standard InChI is InChI=1S/C18H24N4O/c1-6-22(18-19-13(2)11-14(3)20-18)12-15-7-9-16(10-8-15)17(23)21(4)5/h7-11H,6,12H2,1-5H3. The molecule has 0 aliphatic rings. The summed E-state index contributed by atoms with van der Waals surface area (Å²) in [5, 5.41) is 0. The minimum Gasteiger partial charge on any atom is -0.345 e. The van der Waals surface area contributed by atoms with Crippen LogP contribution in [0.3, 0.4) is 0 Å². The average molecular weight is 312 g/mol. The highest BCUT2D eigenvalue weighted by molar-refractivity contribution is 5.93. The first kappa shape index (κ1) is 16.9. The van der Waals surface area contributed by atoms with E-state index < -0.39 is 0 Å². The summed E-state index contributed by atoms with van der Waals surface area (Å²) >= 11 is 0. The van der Waals surface area contributed by atoms with E-state index in [1.165, 1.54) is 0 Å². The molecule has 2 aromatic rings. The van der Waals surface area contributed by atoms with Gasteiger partial charge in [0, 0.05) is 44.1 Å². The van der Waals surface area contributed by atoms with E-state index in [1.54, 1.807) is 19.0 Å². The van der Waals surface area contributed by atoms with E-state index in [1.807, 2.05) is 44.2 Å². The van der Waals surface area contributed by atoms with Crippen molar-refractivity contribution in [2.45, 2.75) is 27.3 Å². The molecule has 1 amide bonds. The van der Waals surface area contributed by atoms with Crippen molar-refractivity contribution in [2.24, 2.45) is 0 Å². The van der Waals surface area contributed by atoms with Crippen LogP contribution < -0.4 is 4.90 Å². The fourth-order valence-electron chi connectivity index (χ4n) is 2.40. The Morgan fingerprint density at radius 2 is 1.61 bits per heavy atom. The van der Waals surface area contributed by atoms with Crippen molar-refractivity contribution in [2.75, 3.05) is 25.5 Å². The maximum Gasteiger partial charge on any atom is 0.253 e. The molecule has 5 heteroatoms. The lowest BCUT2D eigenvalue weighted by Crippen LogP contribution is -2.25. The molecule has 0 aliphatic heterocycles. The summed E-state index contributed by atoms with van der Waals surface area (Å²) in [6.07, 6.45) is 0. The maximum atomic E-state index is 11.9. The zero-order valence-corrected chi connectivity index (χ0v) is 14.5. The molecule has 2 rings (SSSR count). The zero-order valence-electron chi connectivity index (χ0n) is 14.5. The Kier molecular flexibility index (Phi) is 5.32. The molecule has 0 saturated carbocycles. The lowest BCUT2D eigenvalue weighted by Gasteiger charge is -2.21. The van der Waals surface area contributed by atoms with Gasteiger partial charge in [-0.15, -0.1) is 0 Å². The summed E-state index contributed by atoms with van der Waals surface area (Å²) in [6, 6.07) is 9.69. The van der Waals surface area contributed by atoms with Crippen LogP contribution in [0.25, 0.3) is 0 Å². The van der Waals surface area contributed by atoms with Gasteiger partial charge in [-0.1, -0.05) is 12.1 Å². The summed E-state index contributed by atoms with van der Waals surface area (Å²) < 4.78 is 0. The van der Waals surface area contributed by atoms with Gasteiger partial charge in [0.05, 0.1) is 0 Å². The summed E-state index contributed by atoms with van der Waals surface area (Å²) in [6.45, 7) is 7.59. The molecule has 0 spiro atoms. The molecule has 0 aliphatic carbocycles. The van der Waals surface area contributed by atoms with Crippen LogP contribution in [0.15, 0.2) is 30.3 Å². The van der Waals surface area contributed by atoms with Crippen LogP contribution in [-0.4, -0.2) is 41.4 Å². The number of rotatable bonds is 5. The summed E-state index contributed by atoms with van der Waals surface area (Å²) in [4.78, 5) is 24.7. The van der Waals surface area contributed by atoms with Gasteiger partial charge >= 0.3 is 0 Å². The van der Waals surface area contributed by atoms with E-state index in [4.69, 9.17) is 0 Å².